The van der Waals surface area contributed by atoms with Gasteiger partial charge in [0.2, 0.25) is 5.88 Å². The van der Waals surface area contributed by atoms with Gasteiger partial charge in [-0.25, -0.2) is 9.97 Å². The number of rotatable bonds is 5. The van der Waals surface area contributed by atoms with Crippen molar-refractivity contribution >= 4 is 23.2 Å². The maximum absolute atomic E-state index is 12.2. The summed E-state index contributed by atoms with van der Waals surface area (Å²) in [4.78, 5) is 20.2. The lowest BCUT2D eigenvalue weighted by Gasteiger charge is -2.10. The Balaban J connectivity index is 1.70. The summed E-state index contributed by atoms with van der Waals surface area (Å²) < 4.78 is 10.9. The van der Waals surface area contributed by atoms with Crippen LogP contribution in [-0.4, -0.2) is 23.0 Å². The molecule has 1 N–H and O–H groups in total. The third-order valence-corrected chi connectivity index (χ3v) is 3.58. The van der Waals surface area contributed by atoms with E-state index in [1.807, 2.05) is 12.1 Å². The van der Waals surface area contributed by atoms with E-state index in [1.165, 1.54) is 12.4 Å². The van der Waals surface area contributed by atoms with E-state index in [1.54, 1.807) is 43.5 Å². The zero-order chi connectivity index (χ0) is 17.6. The molecule has 1 aromatic carbocycles. The third kappa shape index (κ3) is 4.05. The van der Waals surface area contributed by atoms with Crippen LogP contribution in [0.2, 0.25) is 5.15 Å². The number of hydrogen-bond donors (Lipinski definition) is 1. The van der Waals surface area contributed by atoms with Crippen LogP contribution in [0.5, 0.6) is 17.4 Å². The van der Waals surface area contributed by atoms with E-state index in [2.05, 4.69) is 15.3 Å². The Morgan fingerprint density at radius 1 is 1.04 bits per heavy atom. The molecule has 3 aromatic rings. The van der Waals surface area contributed by atoms with E-state index >= 15 is 0 Å². The zero-order valence-corrected chi connectivity index (χ0v) is 14.0. The van der Waals surface area contributed by atoms with E-state index in [9.17, 15) is 4.79 Å². The Morgan fingerprint density at radius 3 is 2.52 bits per heavy atom. The van der Waals surface area contributed by atoms with Crippen LogP contribution in [0, 0.1) is 0 Å². The Labute approximate surface area is 149 Å². The smallest absolute Gasteiger partial charge is 0.258 e. The van der Waals surface area contributed by atoms with Crippen molar-refractivity contribution in [1.29, 1.82) is 0 Å². The number of amides is 1. The number of methoxy groups -OCH3 is 1. The van der Waals surface area contributed by atoms with Crippen LogP contribution in [0.1, 0.15) is 10.4 Å². The van der Waals surface area contributed by atoms with Gasteiger partial charge in [-0.1, -0.05) is 23.7 Å². The van der Waals surface area contributed by atoms with Crippen LogP contribution in [0.3, 0.4) is 0 Å². The van der Waals surface area contributed by atoms with E-state index < -0.39 is 0 Å². The summed E-state index contributed by atoms with van der Waals surface area (Å²) in [6, 6.07) is 13.8. The molecule has 0 unspecified atom stereocenters. The molecule has 0 aliphatic carbocycles. The van der Waals surface area contributed by atoms with Gasteiger partial charge in [-0.05, 0) is 30.3 Å². The van der Waals surface area contributed by atoms with Gasteiger partial charge in [-0.3, -0.25) is 4.79 Å². The fraction of sp³-hybridized carbons (Fsp3) is 0.0556. The van der Waals surface area contributed by atoms with Crippen LogP contribution in [-0.2, 0) is 0 Å². The summed E-state index contributed by atoms with van der Waals surface area (Å²) >= 11 is 5.91. The van der Waals surface area contributed by atoms with Gasteiger partial charge < -0.3 is 14.8 Å². The number of pyridine rings is 2. The Hall–Kier alpha value is -3.12. The average molecular weight is 356 g/mol. The molecule has 0 fully saturated rings. The predicted octanol–water partition coefficient (Wildman–Crippen LogP) is 4.18. The summed E-state index contributed by atoms with van der Waals surface area (Å²) in [5.41, 5.74) is 0.802. The number of nitrogens with one attached hydrogen (secondary N) is 1. The topological polar surface area (TPSA) is 73.3 Å². The number of halogens is 1. The second-order valence-electron chi connectivity index (χ2n) is 4.93. The lowest BCUT2D eigenvalue weighted by atomic mass is 10.2. The van der Waals surface area contributed by atoms with Crippen LogP contribution in [0.15, 0.2) is 60.9 Å². The Morgan fingerprint density at radius 2 is 1.84 bits per heavy atom. The highest BCUT2D eigenvalue weighted by Gasteiger charge is 2.11. The van der Waals surface area contributed by atoms with Gasteiger partial charge in [0.15, 0.2) is 11.5 Å². The molecule has 0 bridgehead atoms. The highest BCUT2D eigenvalue weighted by Crippen LogP contribution is 2.30. The first-order valence-electron chi connectivity index (χ1n) is 7.36. The van der Waals surface area contributed by atoms with Crippen molar-refractivity contribution in [2.75, 3.05) is 12.4 Å². The highest BCUT2D eigenvalue weighted by atomic mass is 35.5. The van der Waals surface area contributed by atoms with E-state index in [0.717, 1.165) is 0 Å². The monoisotopic (exact) mass is 355 g/mol. The molecule has 0 saturated carbocycles. The summed E-state index contributed by atoms with van der Waals surface area (Å²) in [7, 11) is 1.57. The largest absolute Gasteiger partial charge is 0.493 e. The number of carbonyl (C=O) groups excluding carboxylic acids is 1. The van der Waals surface area contributed by atoms with Gasteiger partial charge in [0, 0.05) is 12.3 Å². The molecule has 3 rings (SSSR count). The lowest BCUT2D eigenvalue weighted by molar-refractivity contribution is 0.102. The molecule has 6 nitrogen and oxygen atoms in total. The quantitative estimate of drug-likeness (QED) is 0.695. The van der Waals surface area contributed by atoms with E-state index in [0.29, 0.717) is 28.6 Å². The number of benzene rings is 1. The van der Waals surface area contributed by atoms with Crippen LogP contribution in [0.25, 0.3) is 0 Å². The molecule has 0 spiro atoms. The fourth-order valence-corrected chi connectivity index (χ4v) is 2.29. The van der Waals surface area contributed by atoms with Gasteiger partial charge in [-0.2, -0.15) is 0 Å². The first-order chi connectivity index (χ1) is 12.2. The Bertz CT molecular complexity index is 885. The summed E-state index contributed by atoms with van der Waals surface area (Å²) in [6.07, 6.45) is 3.01. The lowest BCUT2D eigenvalue weighted by Crippen LogP contribution is -2.13. The number of ether oxygens (including phenoxy) is 2. The molecular weight excluding hydrogens is 342 g/mol. The van der Waals surface area contributed by atoms with E-state index in [-0.39, 0.29) is 11.1 Å². The van der Waals surface area contributed by atoms with Crippen molar-refractivity contribution in [3.8, 4) is 17.4 Å². The van der Waals surface area contributed by atoms with Gasteiger partial charge in [0.1, 0.15) is 5.15 Å². The number of carbonyl (C=O) groups is 1. The number of para-hydroxylation sites is 2. The van der Waals surface area contributed by atoms with Gasteiger partial charge in [-0.15, -0.1) is 0 Å². The minimum atomic E-state index is -0.363. The molecule has 0 atom stereocenters. The molecule has 0 radical (unpaired) electrons. The minimum Gasteiger partial charge on any atom is -0.493 e. The van der Waals surface area contributed by atoms with Crippen LogP contribution < -0.4 is 14.8 Å². The Kier molecular flexibility index (Phi) is 5.11. The van der Waals surface area contributed by atoms with Crippen molar-refractivity contribution in [2.45, 2.75) is 0 Å². The minimum absolute atomic E-state index is 0.143. The highest BCUT2D eigenvalue weighted by molar-refractivity contribution is 6.33. The second kappa shape index (κ2) is 7.63. The summed E-state index contributed by atoms with van der Waals surface area (Å²) in [5, 5.41) is 2.85. The summed E-state index contributed by atoms with van der Waals surface area (Å²) in [5.74, 6) is 1.17. The SMILES string of the molecule is COc1ccccc1Oc1ccc(NC(=O)c2cccnc2Cl)cn1. The number of anilines is 1. The van der Waals surface area contributed by atoms with Gasteiger partial charge in [0.05, 0.1) is 24.6 Å². The molecule has 25 heavy (non-hydrogen) atoms. The molecule has 0 saturated heterocycles. The van der Waals surface area contributed by atoms with Gasteiger partial charge in [0.25, 0.3) is 5.91 Å². The third-order valence-electron chi connectivity index (χ3n) is 3.28. The molecule has 0 aliphatic rings. The normalized spacial score (nSPS) is 10.2. The summed E-state index contributed by atoms with van der Waals surface area (Å²) in [6.45, 7) is 0. The van der Waals surface area contributed by atoms with Crippen molar-refractivity contribution in [2.24, 2.45) is 0 Å². The number of hydrogen-bond acceptors (Lipinski definition) is 5. The first kappa shape index (κ1) is 16.7. The van der Waals surface area contributed by atoms with Crippen molar-refractivity contribution < 1.29 is 14.3 Å². The van der Waals surface area contributed by atoms with Gasteiger partial charge >= 0.3 is 0 Å². The van der Waals surface area contributed by atoms with Crippen molar-refractivity contribution in [3.05, 3.63) is 71.6 Å². The van der Waals surface area contributed by atoms with Crippen LogP contribution in [0.4, 0.5) is 5.69 Å². The van der Waals surface area contributed by atoms with Crippen LogP contribution >= 0.6 is 11.6 Å². The molecule has 0 aliphatic heterocycles. The molecule has 2 aromatic heterocycles. The molecule has 126 valence electrons. The molecule has 1 amide bonds. The number of nitrogens with zero attached hydrogens (tertiary/aromatic N) is 2. The maximum atomic E-state index is 12.2. The average Bonchev–Trinajstić information content (AvgIpc) is 2.64. The molecule has 2 heterocycles. The maximum Gasteiger partial charge on any atom is 0.258 e. The van der Waals surface area contributed by atoms with Crippen molar-refractivity contribution in [1.82, 2.24) is 9.97 Å². The molecular formula is C18H14ClN3O3. The zero-order valence-electron chi connectivity index (χ0n) is 13.3. The number of aromatic nitrogens is 2. The fourth-order valence-electron chi connectivity index (χ4n) is 2.08. The second-order valence-corrected chi connectivity index (χ2v) is 5.29. The predicted molar refractivity (Wildman–Crippen MR) is 94.5 cm³/mol. The van der Waals surface area contributed by atoms with Crippen molar-refractivity contribution in [3.63, 3.8) is 0 Å². The standard InChI is InChI=1S/C18H14ClN3O3/c1-24-14-6-2-3-7-15(14)25-16-9-8-12(11-21-16)22-18(23)13-5-4-10-20-17(13)19/h2-11H,1H3,(H,22,23). The van der Waals surface area contributed by atoms with E-state index in [4.69, 9.17) is 21.1 Å². The first-order valence-corrected chi connectivity index (χ1v) is 7.74. The molecule has 7 heteroatoms.